The van der Waals surface area contributed by atoms with Crippen LogP contribution in [0.2, 0.25) is 0 Å². The maximum Gasteiger partial charge on any atom is 0.338 e. The summed E-state index contributed by atoms with van der Waals surface area (Å²) >= 11 is 1.23. The summed E-state index contributed by atoms with van der Waals surface area (Å²) in [6, 6.07) is 11.4. The van der Waals surface area contributed by atoms with Crippen molar-refractivity contribution in [2.24, 2.45) is 4.99 Å². The first kappa shape index (κ1) is 25.9. The fourth-order valence-electron chi connectivity index (χ4n) is 4.05. The third-order valence-corrected chi connectivity index (χ3v) is 6.67. The zero-order valence-electron chi connectivity index (χ0n) is 21.1. The highest BCUT2D eigenvalue weighted by Crippen LogP contribution is 2.36. The van der Waals surface area contributed by atoms with Gasteiger partial charge in [-0.15, -0.1) is 0 Å². The molecule has 37 heavy (non-hydrogen) atoms. The van der Waals surface area contributed by atoms with Gasteiger partial charge in [-0.2, -0.15) is 0 Å². The van der Waals surface area contributed by atoms with Gasteiger partial charge in [0.25, 0.3) is 5.56 Å². The predicted molar refractivity (Wildman–Crippen MR) is 138 cm³/mol. The molecular formula is C27H26N2O7S. The van der Waals surface area contributed by atoms with Crippen LogP contribution in [0.3, 0.4) is 0 Å². The van der Waals surface area contributed by atoms with Gasteiger partial charge in [-0.1, -0.05) is 29.5 Å². The van der Waals surface area contributed by atoms with Crippen molar-refractivity contribution in [3.8, 4) is 17.2 Å². The Balaban J connectivity index is 1.92. The van der Waals surface area contributed by atoms with E-state index in [1.54, 1.807) is 45.2 Å². The zero-order chi connectivity index (χ0) is 26.7. The van der Waals surface area contributed by atoms with Crippen molar-refractivity contribution in [3.63, 3.8) is 0 Å². The van der Waals surface area contributed by atoms with Crippen molar-refractivity contribution < 1.29 is 28.5 Å². The van der Waals surface area contributed by atoms with Crippen LogP contribution in [0.25, 0.3) is 6.08 Å². The number of carbonyl (C=O) groups is 2. The van der Waals surface area contributed by atoms with Crippen LogP contribution in [0, 0.1) is 0 Å². The summed E-state index contributed by atoms with van der Waals surface area (Å²) in [4.78, 5) is 43.3. The molecule has 0 spiro atoms. The number of carbonyl (C=O) groups excluding carboxylic acids is 2. The van der Waals surface area contributed by atoms with E-state index < -0.39 is 18.0 Å². The number of fused-ring (bicyclic) bond motifs is 1. The van der Waals surface area contributed by atoms with Gasteiger partial charge in [0.2, 0.25) is 0 Å². The van der Waals surface area contributed by atoms with Gasteiger partial charge in [0, 0.05) is 6.92 Å². The first-order valence-corrected chi connectivity index (χ1v) is 12.3. The summed E-state index contributed by atoms with van der Waals surface area (Å²) in [5.41, 5.74) is 1.77. The van der Waals surface area contributed by atoms with Crippen LogP contribution in [0.15, 0.2) is 63.5 Å². The maximum absolute atomic E-state index is 13.7. The Morgan fingerprint density at radius 1 is 1.08 bits per heavy atom. The minimum Gasteiger partial charge on any atom is -0.497 e. The first-order valence-electron chi connectivity index (χ1n) is 11.5. The smallest absolute Gasteiger partial charge is 0.338 e. The molecular weight excluding hydrogens is 496 g/mol. The number of hydrogen-bond donors (Lipinski definition) is 0. The van der Waals surface area contributed by atoms with Crippen molar-refractivity contribution in [2.45, 2.75) is 26.8 Å². The standard InChI is InChI=1S/C27H26N2O7S/c1-6-35-26(32)23-15(2)28-27-29(24(23)18-9-12-20(36-16(3)30)21(14-18)34-5)25(31)22(37-27)13-17-7-10-19(33-4)11-8-17/h7-14,24H,6H2,1-5H3/b22-13+/t24-/m1/s1. The van der Waals surface area contributed by atoms with Crippen LogP contribution in [0.4, 0.5) is 0 Å². The van der Waals surface area contributed by atoms with E-state index in [1.807, 2.05) is 24.3 Å². The van der Waals surface area contributed by atoms with E-state index in [9.17, 15) is 14.4 Å². The fraction of sp³-hybridized carbons (Fsp3) is 0.259. The highest BCUT2D eigenvalue weighted by atomic mass is 32.1. The fourth-order valence-corrected chi connectivity index (χ4v) is 5.10. The van der Waals surface area contributed by atoms with Crippen LogP contribution in [0.5, 0.6) is 17.2 Å². The molecule has 4 rings (SSSR count). The van der Waals surface area contributed by atoms with Crippen molar-refractivity contribution >= 4 is 29.4 Å². The van der Waals surface area contributed by atoms with Crippen LogP contribution in [-0.4, -0.2) is 37.3 Å². The lowest BCUT2D eigenvalue weighted by molar-refractivity contribution is -0.139. The van der Waals surface area contributed by atoms with Gasteiger partial charge in [0.05, 0.1) is 42.7 Å². The van der Waals surface area contributed by atoms with Crippen LogP contribution in [0.1, 0.15) is 37.9 Å². The molecule has 0 amide bonds. The first-order chi connectivity index (χ1) is 17.8. The molecule has 0 radical (unpaired) electrons. The minimum absolute atomic E-state index is 0.166. The van der Waals surface area contributed by atoms with E-state index in [2.05, 4.69) is 4.99 Å². The molecule has 1 atom stereocenters. The number of nitrogens with zero attached hydrogens (tertiary/aromatic N) is 2. The van der Waals surface area contributed by atoms with Gasteiger partial charge in [-0.3, -0.25) is 14.2 Å². The molecule has 2 aromatic carbocycles. The molecule has 0 saturated heterocycles. The van der Waals surface area contributed by atoms with Crippen LogP contribution >= 0.6 is 11.3 Å². The van der Waals surface area contributed by atoms with E-state index in [0.29, 0.717) is 26.3 Å². The molecule has 1 aromatic heterocycles. The topological polar surface area (TPSA) is 105 Å². The number of aromatic nitrogens is 1. The van der Waals surface area contributed by atoms with E-state index in [4.69, 9.17) is 18.9 Å². The molecule has 1 aliphatic rings. The summed E-state index contributed by atoms with van der Waals surface area (Å²) in [7, 11) is 3.03. The summed E-state index contributed by atoms with van der Waals surface area (Å²) < 4.78 is 23.1. The molecule has 9 nitrogen and oxygen atoms in total. The van der Waals surface area contributed by atoms with Gasteiger partial charge in [-0.25, -0.2) is 9.79 Å². The molecule has 0 fully saturated rings. The van der Waals surface area contributed by atoms with Crippen LogP contribution < -0.4 is 29.1 Å². The SMILES string of the molecule is CCOC(=O)C1=C(C)N=c2s/c(=C/c3ccc(OC)cc3)c(=O)n2[C@@H]1c1ccc(OC(C)=O)c(OC)c1. The molecule has 0 unspecified atom stereocenters. The third-order valence-electron chi connectivity index (χ3n) is 5.69. The van der Waals surface area contributed by atoms with Gasteiger partial charge in [0.1, 0.15) is 5.75 Å². The van der Waals surface area contributed by atoms with Gasteiger partial charge < -0.3 is 18.9 Å². The van der Waals surface area contributed by atoms with E-state index in [1.165, 1.54) is 29.9 Å². The monoisotopic (exact) mass is 522 g/mol. The van der Waals surface area contributed by atoms with Crippen molar-refractivity contribution in [1.29, 1.82) is 0 Å². The summed E-state index contributed by atoms with van der Waals surface area (Å²) in [5.74, 6) is 0.149. The molecule has 2 heterocycles. The highest BCUT2D eigenvalue weighted by Gasteiger charge is 2.34. The number of hydrogen-bond acceptors (Lipinski definition) is 9. The summed E-state index contributed by atoms with van der Waals surface area (Å²) in [6.07, 6.45) is 1.77. The Morgan fingerprint density at radius 2 is 1.81 bits per heavy atom. The highest BCUT2D eigenvalue weighted by molar-refractivity contribution is 7.07. The van der Waals surface area contributed by atoms with Gasteiger partial charge in [0.15, 0.2) is 16.3 Å². The molecule has 0 N–H and O–H groups in total. The molecule has 0 saturated carbocycles. The predicted octanol–water partition coefficient (Wildman–Crippen LogP) is 2.74. The van der Waals surface area contributed by atoms with Crippen molar-refractivity contribution in [3.05, 3.63) is 84.5 Å². The van der Waals surface area contributed by atoms with Gasteiger partial charge in [-0.05, 0) is 55.3 Å². The second-order valence-corrected chi connectivity index (χ2v) is 9.09. The lowest BCUT2D eigenvalue weighted by Crippen LogP contribution is -2.40. The Hall–Kier alpha value is -4.18. The molecule has 1 aliphatic heterocycles. The lowest BCUT2D eigenvalue weighted by Gasteiger charge is -2.25. The Kier molecular flexibility index (Phi) is 7.58. The average molecular weight is 523 g/mol. The number of allylic oxidation sites excluding steroid dienone is 1. The molecule has 3 aromatic rings. The second-order valence-electron chi connectivity index (χ2n) is 8.08. The Bertz CT molecular complexity index is 1570. The summed E-state index contributed by atoms with van der Waals surface area (Å²) in [5, 5.41) is 0. The molecule has 0 aliphatic carbocycles. The molecule has 0 bridgehead atoms. The van der Waals surface area contributed by atoms with Crippen molar-refractivity contribution in [2.75, 3.05) is 20.8 Å². The molecule has 192 valence electrons. The van der Waals surface area contributed by atoms with E-state index >= 15 is 0 Å². The third kappa shape index (κ3) is 5.19. The summed E-state index contributed by atoms with van der Waals surface area (Å²) in [6.45, 7) is 4.88. The Morgan fingerprint density at radius 3 is 2.43 bits per heavy atom. The minimum atomic E-state index is -0.825. The van der Waals surface area contributed by atoms with Gasteiger partial charge >= 0.3 is 11.9 Å². The number of ether oxygens (including phenoxy) is 4. The lowest BCUT2D eigenvalue weighted by atomic mass is 9.95. The maximum atomic E-state index is 13.7. The second kappa shape index (κ2) is 10.8. The number of thiazole rings is 1. The molecule has 10 heteroatoms. The number of esters is 2. The van der Waals surface area contributed by atoms with E-state index in [0.717, 1.165) is 5.56 Å². The average Bonchev–Trinajstić information content (AvgIpc) is 3.17. The number of benzene rings is 2. The zero-order valence-corrected chi connectivity index (χ0v) is 21.9. The van der Waals surface area contributed by atoms with Crippen molar-refractivity contribution in [1.82, 2.24) is 4.57 Å². The largest absolute Gasteiger partial charge is 0.497 e. The number of rotatable bonds is 7. The van der Waals surface area contributed by atoms with Crippen LogP contribution in [-0.2, 0) is 14.3 Å². The Labute approximate surface area is 216 Å². The quantitative estimate of drug-likeness (QED) is 0.347. The number of methoxy groups -OCH3 is 2. The normalized spacial score (nSPS) is 15.1. The van der Waals surface area contributed by atoms with E-state index in [-0.39, 0.29) is 29.2 Å².